The van der Waals surface area contributed by atoms with Crippen molar-refractivity contribution < 1.29 is 18.0 Å². The number of rotatable bonds is 2. The number of carbonyl (C=O) groups is 1. The molecule has 3 nitrogen and oxygen atoms in total. The zero-order valence-corrected chi connectivity index (χ0v) is 11.7. The van der Waals surface area contributed by atoms with E-state index in [4.69, 9.17) is 5.26 Å². The van der Waals surface area contributed by atoms with E-state index in [1.165, 1.54) is 20.0 Å². The molecule has 0 saturated carbocycles. The van der Waals surface area contributed by atoms with Gasteiger partial charge in [-0.15, -0.1) is 0 Å². The minimum atomic E-state index is -4.63. The molecule has 1 atom stereocenters. The minimum Gasteiger partial charge on any atom is -0.326 e. The molecule has 0 spiro atoms. The lowest BCUT2D eigenvalue weighted by Gasteiger charge is -2.21. The van der Waals surface area contributed by atoms with Crippen LogP contribution in [-0.2, 0) is 6.18 Å². The van der Waals surface area contributed by atoms with Gasteiger partial charge in [0.05, 0.1) is 17.2 Å². The molecule has 0 fully saturated rings. The fraction of sp³-hybridized carbons (Fsp3) is 0.333. The molecule has 1 unspecified atom stereocenters. The number of halogens is 4. The molecular formula is C12H10BrF3N2O. The first-order valence-corrected chi connectivity index (χ1v) is 6.01. The monoisotopic (exact) mass is 334 g/mol. The van der Waals surface area contributed by atoms with Crippen molar-refractivity contribution in [2.24, 2.45) is 0 Å². The van der Waals surface area contributed by atoms with Gasteiger partial charge in [-0.05, 0) is 25.1 Å². The summed E-state index contributed by atoms with van der Waals surface area (Å²) in [5.74, 6) is -0.839. The first-order chi connectivity index (χ1) is 8.68. The second-order valence-corrected chi connectivity index (χ2v) is 4.82. The summed E-state index contributed by atoms with van der Waals surface area (Å²) < 4.78 is 38.9. The van der Waals surface area contributed by atoms with Gasteiger partial charge < -0.3 is 4.90 Å². The highest BCUT2D eigenvalue weighted by Crippen LogP contribution is 2.34. The average Bonchev–Trinajstić information content (AvgIpc) is 2.35. The topological polar surface area (TPSA) is 44.1 Å². The van der Waals surface area contributed by atoms with E-state index in [-0.39, 0.29) is 4.47 Å². The maximum atomic E-state index is 12.9. The van der Waals surface area contributed by atoms with Crippen LogP contribution in [0.25, 0.3) is 0 Å². The van der Waals surface area contributed by atoms with Crippen LogP contribution in [0.2, 0.25) is 0 Å². The highest BCUT2D eigenvalue weighted by atomic mass is 79.9. The Morgan fingerprint density at radius 3 is 2.53 bits per heavy atom. The number of hydrogen-bond donors (Lipinski definition) is 0. The van der Waals surface area contributed by atoms with Gasteiger partial charge in [0.15, 0.2) is 0 Å². The van der Waals surface area contributed by atoms with Crippen LogP contribution < -0.4 is 0 Å². The molecule has 7 heteroatoms. The van der Waals surface area contributed by atoms with Gasteiger partial charge in [-0.1, -0.05) is 15.9 Å². The molecule has 0 heterocycles. The van der Waals surface area contributed by atoms with Crippen LogP contribution in [0.5, 0.6) is 0 Å². The van der Waals surface area contributed by atoms with Crippen LogP contribution in [-0.4, -0.2) is 23.9 Å². The third kappa shape index (κ3) is 3.47. The number of nitrogens with zero attached hydrogens (tertiary/aromatic N) is 2. The van der Waals surface area contributed by atoms with E-state index in [0.717, 1.165) is 17.0 Å². The predicted octanol–water partition coefficient (Wildman–Crippen LogP) is 3.45. The lowest BCUT2D eigenvalue weighted by atomic mass is 10.1. The van der Waals surface area contributed by atoms with Gasteiger partial charge >= 0.3 is 6.18 Å². The van der Waals surface area contributed by atoms with Crippen LogP contribution in [0, 0.1) is 11.3 Å². The third-order valence-corrected chi connectivity index (χ3v) is 3.10. The van der Waals surface area contributed by atoms with Crippen molar-refractivity contribution >= 4 is 21.8 Å². The molecule has 102 valence electrons. The highest BCUT2D eigenvalue weighted by molar-refractivity contribution is 9.10. The van der Waals surface area contributed by atoms with Crippen molar-refractivity contribution in [3.63, 3.8) is 0 Å². The zero-order valence-electron chi connectivity index (χ0n) is 10.1. The fourth-order valence-electron chi connectivity index (χ4n) is 1.39. The van der Waals surface area contributed by atoms with E-state index < -0.39 is 29.3 Å². The maximum Gasteiger partial charge on any atom is 0.417 e. The second kappa shape index (κ2) is 5.61. The molecule has 19 heavy (non-hydrogen) atoms. The SMILES string of the molecule is CC(C#N)N(C)C(=O)c1ccc(Br)cc1C(F)(F)F. The van der Waals surface area contributed by atoms with Crippen LogP contribution in [0.3, 0.4) is 0 Å². The van der Waals surface area contributed by atoms with E-state index >= 15 is 0 Å². The normalized spacial score (nSPS) is 12.7. The summed E-state index contributed by atoms with van der Waals surface area (Å²) in [6.07, 6.45) is -4.63. The van der Waals surface area contributed by atoms with Crippen LogP contribution in [0.4, 0.5) is 13.2 Å². The summed E-state index contributed by atoms with van der Waals surface area (Å²) in [5, 5.41) is 8.70. The number of carbonyl (C=O) groups excluding carboxylic acids is 1. The minimum absolute atomic E-state index is 0.229. The van der Waals surface area contributed by atoms with Gasteiger partial charge in [0.1, 0.15) is 6.04 Å². The Hall–Kier alpha value is -1.55. The summed E-state index contributed by atoms with van der Waals surface area (Å²) >= 11 is 2.94. The Kier molecular flexibility index (Phi) is 4.58. The number of hydrogen-bond acceptors (Lipinski definition) is 2. The molecule has 0 bridgehead atoms. The maximum absolute atomic E-state index is 12.9. The van der Waals surface area contributed by atoms with E-state index in [1.54, 1.807) is 6.07 Å². The van der Waals surface area contributed by atoms with Crippen molar-refractivity contribution in [2.75, 3.05) is 7.05 Å². The van der Waals surface area contributed by atoms with Crippen molar-refractivity contribution in [2.45, 2.75) is 19.1 Å². The number of benzene rings is 1. The largest absolute Gasteiger partial charge is 0.417 e. The average molecular weight is 335 g/mol. The molecule has 1 aromatic rings. The lowest BCUT2D eigenvalue weighted by molar-refractivity contribution is -0.138. The molecule has 1 amide bonds. The van der Waals surface area contributed by atoms with E-state index in [0.29, 0.717) is 0 Å². The van der Waals surface area contributed by atoms with Crippen LogP contribution in [0.15, 0.2) is 22.7 Å². The first-order valence-electron chi connectivity index (χ1n) is 5.22. The summed E-state index contributed by atoms with van der Waals surface area (Å²) in [5.41, 5.74) is -1.50. The molecule has 0 aromatic heterocycles. The van der Waals surface area contributed by atoms with Crippen molar-refractivity contribution in [1.29, 1.82) is 5.26 Å². The van der Waals surface area contributed by atoms with Gasteiger partial charge in [-0.3, -0.25) is 4.79 Å². The molecule has 0 aliphatic rings. The number of alkyl halides is 3. The number of nitriles is 1. The zero-order chi connectivity index (χ0) is 14.8. The molecule has 1 rings (SSSR count). The van der Waals surface area contributed by atoms with Gasteiger partial charge in [0, 0.05) is 11.5 Å². The van der Waals surface area contributed by atoms with Crippen molar-refractivity contribution in [3.05, 3.63) is 33.8 Å². The van der Waals surface area contributed by atoms with Crippen LogP contribution >= 0.6 is 15.9 Å². The Morgan fingerprint density at radius 2 is 2.05 bits per heavy atom. The third-order valence-electron chi connectivity index (χ3n) is 2.61. The second-order valence-electron chi connectivity index (χ2n) is 3.91. The fourth-order valence-corrected chi connectivity index (χ4v) is 1.75. The van der Waals surface area contributed by atoms with Crippen LogP contribution in [0.1, 0.15) is 22.8 Å². The highest BCUT2D eigenvalue weighted by Gasteiger charge is 2.36. The lowest BCUT2D eigenvalue weighted by Crippen LogP contribution is -2.35. The Labute approximate surface area is 116 Å². The Morgan fingerprint density at radius 1 is 1.47 bits per heavy atom. The summed E-state index contributed by atoms with van der Waals surface area (Å²) in [4.78, 5) is 13.0. The molecule has 1 aromatic carbocycles. The Balaban J connectivity index is 3.29. The summed E-state index contributed by atoms with van der Waals surface area (Å²) in [6, 6.07) is 4.28. The van der Waals surface area contributed by atoms with Crippen molar-refractivity contribution in [3.8, 4) is 6.07 Å². The van der Waals surface area contributed by atoms with E-state index in [2.05, 4.69) is 15.9 Å². The van der Waals surface area contributed by atoms with Gasteiger partial charge in [-0.25, -0.2) is 0 Å². The molecule has 0 aliphatic carbocycles. The summed E-state index contributed by atoms with van der Waals surface area (Å²) in [7, 11) is 1.29. The van der Waals surface area contributed by atoms with Gasteiger partial charge in [-0.2, -0.15) is 18.4 Å². The molecular weight excluding hydrogens is 325 g/mol. The smallest absolute Gasteiger partial charge is 0.326 e. The molecule has 0 saturated heterocycles. The van der Waals surface area contributed by atoms with E-state index in [9.17, 15) is 18.0 Å². The van der Waals surface area contributed by atoms with Gasteiger partial charge in [0.2, 0.25) is 0 Å². The van der Waals surface area contributed by atoms with Crippen molar-refractivity contribution in [1.82, 2.24) is 4.90 Å². The number of amides is 1. The molecule has 0 N–H and O–H groups in total. The summed E-state index contributed by atoms with van der Waals surface area (Å²) in [6.45, 7) is 1.43. The van der Waals surface area contributed by atoms with Gasteiger partial charge in [0.25, 0.3) is 5.91 Å². The first kappa shape index (κ1) is 15.5. The quantitative estimate of drug-likeness (QED) is 0.831. The predicted molar refractivity (Wildman–Crippen MR) is 66.3 cm³/mol. The Bertz CT molecular complexity index is 537. The molecule has 0 aliphatic heterocycles. The van der Waals surface area contributed by atoms with E-state index in [1.807, 2.05) is 0 Å². The standard InChI is InChI=1S/C12H10BrF3N2O/c1-7(6-17)18(2)11(19)9-4-3-8(13)5-10(9)12(14,15)16/h3-5,7H,1-2H3. The molecule has 0 radical (unpaired) electrons.